The van der Waals surface area contributed by atoms with Crippen LogP contribution in [0.5, 0.6) is 0 Å². The molecule has 4 nitrogen and oxygen atoms in total. The van der Waals surface area contributed by atoms with Gasteiger partial charge in [-0.15, -0.1) is 11.3 Å². The van der Waals surface area contributed by atoms with Crippen LogP contribution in [-0.2, 0) is 24.2 Å². The van der Waals surface area contributed by atoms with Crippen molar-refractivity contribution in [2.75, 3.05) is 19.6 Å². The molecule has 2 aromatic rings. The SMILES string of the molecule is O=C(Cc1csc(CN2CCCC2)n1)NCCc1cccc(Cl)c1. The van der Waals surface area contributed by atoms with Crippen molar-refractivity contribution in [1.29, 1.82) is 0 Å². The van der Waals surface area contributed by atoms with E-state index >= 15 is 0 Å². The first-order chi connectivity index (χ1) is 11.7. The Bertz CT molecular complexity index is 682. The molecular formula is C18H22ClN3OS. The second-order valence-electron chi connectivity index (χ2n) is 6.12. The molecule has 24 heavy (non-hydrogen) atoms. The van der Waals surface area contributed by atoms with Crippen molar-refractivity contribution in [3.05, 3.63) is 50.9 Å². The standard InChI is InChI=1S/C18H22ClN3OS/c19-15-5-3-4-14(10-15)6-7-20-17(23)11-16-13-24-18(21-16)12-22-8-1-2-9-22/h3-5,10,13H,1-2,6-9,11-12H2,(H,20,23). The van der Waals surface area contributed by atoms with E-state index in [-0.39, 0.29) is 5.91 Å². The van der Waals surface area contributed by atoms with Crippen LogP contribution in [0.15, 0.2) is 29.6 Å². The van der Waals surface area contributed by atoms with E-state index in [4.69, 9.17) is 11.6 Å². The molecule has 0 radical (unpaired) electrons. The van der Waals surface area contributed by atoms with Crippen LogP contribution in [-0.4, -0.2) is 35.4 Å². The van der Waals surface area contributed by atoms with Crippen molar-refractivity contribution in [1.82, 2.24) is 15.2 Å². The van der Waals surface area contributed by atoms with E-state index < -0.39 is 0 Å². The number of halogens is 1. The highest BCUT2D eigenvalue weighted by molar-refractivity contribution is 7.09. The molecule has 1 amide bonds. The van der Waals surface area contributed by atoms with E-state index in [0.717, 1.165) is 34.3 Å². The predicted molar refractivity (Wildman–Crippen MR) is 98.5 cm³/mol. The number of hydrogen-bond donors (Lipinski definition) is 1. The van der Waals surface area contributed by atoms with E-state index in [9.17, 15) is 4.79 Å². The third kappa shape index (κ3) is 5.30. The molecule has 0 aliphatic carbocycles. The second kappa shape index (κ2) is 8.60. The van der Waals surface area contributed by atoms with Gasteiger partial charge in [-0.3, -0.25) is 9.69 Å². The summed E-state index contributed by atoms with van der Waals surface area (Å²) in [7, 11) is 0. The third-order valence-corrected chi connectivity index (χ3v) is 5.24. The van der Waals surface area contributed by atoms with Crippen LogP contribution in [0.25, 0.3) is 0 Å². The van der Waals surface area contributed by atoms with E-state index in [1.54, 1.807) is 11.3 Å². The van der Waals surface area contributed by atoms with E-state index in [1.807, 2.05) is 29.6 Å². The molecule has 1 aromatic heterocycles. The monoisotopic (exact) mass is 363 g/mol. The smallest absolute Gasteiger partial charge is 0.226 e. The highest BCUT2D eigenvalue weighted by Gasteiger charge is 2.14. The van der Waals surface area contributed by atoms with Gasteiger partial charge < -0.3 is 5.32 Å². The molecule has 1 aromatic carbocycles. The van der Waals surface area contributed by atoms with Crippen LogP contribution in [0.4, 0.5) is 0 Å². The number of thiazole rings is 1. The first-order valence-electron chi connectivity index (χ1n) is 8.36. The van der Waals surface area contributed by atoms with Gasteiger partial charge in [0.25, 0.3) is 0 Å². The van der Waals surface area contributed by atoms with Gasteiger partial charge in [-0.05, 0) is 50.0 Å². The van der Waals surface area contributed by atoms with Gasteiger partial charge in [-0.25, -0.2) is 4.98 Å². The zero-order chi connectivity index (χ0) is 16.8. The maximum atomic E-state index is 12.0. The Kier molecular flexibility index (Phi) is 6.24. The summed E-state index contributed by atoms with van der Waals surface area (Å²) in [5.41, 5.74) is 2.00. The quantitative estimate of drug-likeness (QED) is 0.821. The molecule has 1 aliphatic heterocycles. The van der Waals surface area contributed by atoms with Gasteiger partial charge in [0.15, 0.2) is 0 Å². The fourth-order valence-electron chi connectivity index (χ4n) is 2.90. The van der Waals surface area contributed by atoms with Crippen LogP contribution in [0.2, 0.25) is 5.02 Å². The molecule has 0 spiro atoms. The average Bonchev–Trinajstić information content (AvgIpc) is 3.20. The summed E-state index contributed by atoms with van der Waals surface area (Å²) < 4.78 is 0. The topological polar surface area (TPSA) is 45.2 Å². The minimum Gasteiger partial charge on any atom is -0.355 e. The number of amides is 1. The van der Waals surface area contributed by atoms with Crippen molar-refractivity contribution in [2.45, 2.75) is 32.2 Å². The molecule has 0 atom stereocenters. The fourth-order valence-corrected chi connectivity index (χ4v) is 3.95. The van der Waals surface area contributed by atoms with Gasteiger partial charge in [0.1, 0.15) is 5.01 Å². The number of carbonyl (C=O) groups excluding carboxylic acids is 1. The summed E-state index contributed by atoms with van der Waals surface area (Å²) >= 11 is 7.61. The second-order valence-corrected chi connectivity index (χ2v) is 7.50. The molecule has 3 rings (SSSR count). The van der Waals surface area contributed by atoms with Crippen molar-refractivity contribution in [3.8, 4) is 0 Å². The van der Waals surface area contributed by atoms with Crippen LogP contribution < -0.4 is 5.32 Å². The summed E-state index contributed by atoms with van der Waals surface area (Å²) in [5.74, 6) is 0.0232. The summed E-state index contributed by atoms with van der Waals surface area (Å²) in [4.78, 5) is 19.1. The largest absolute Gasteiger partial charge is 0.355 e. The zero-order valence-electron chi connectivity index (χ0n) is 13.6. The Balaban J connectivity index is 1.40. The molecule has 6 heteroatoms. The van der Waals surface area contributed by atoms with Crippen molar-refractivity contribution in [3.63, 3.8) is 0 Å². The van der Waals surface area contributed by atoms with Gasteiger partial charge in [0.2, 0.25) is 5.91 Å². The lowest BCUT2D eigenvalue weighted by Crippen LogP contribution is -2.27. The number of rotatable bonds is 7. The minimum atomic E-state index is 0.0232. The van der Waals surface area contributed by atoms with Gasteiger partial charge >= 0.3 is 0 Å². The zero-order valence-corrected chi connectivity index (χ0v) is 15.2. The van der Waals surface area contributed by atoms with Crippen molar-refractivity contribution in [2.24, 2.45) is 0 Å². The molecule has 2 heterocycles. The number of carbonyl (C=O) groups is 1. The molecule has 0 unspecified atom stereocenters. The molecule has 1 N–H and O–H groups in total. The van der Waals surface area contributed by atoms with Gasteiger partial charge in [-0.1, -0.05) is 23.7 Å². The number of benzene rings is 1. The molecule has 0 saturated carbocycles. The van der Waals surface area contributed by atoms with Crippen LogP contribution >= 0.6 is 22.9 Å². The Morgan fingerprint density at radius 3 is 2.96 bits per heavy atom. The fraction of sp³-hybridized carbons (Fsp3) is 0.444. The molecule has 128 valence electrons. The maximum absolute atomic E-state index is 12.0. The molecule has 1 fully saturated rings. The molecular weight excluding hydrogens is 342 g/mol. The number of likely N-dealkylation sites (tertiary alicyclic amines) is 1. The molecule has 1 aliphatic rings. The molecule has 1 saturated heterocycles. The van der Waals surface area contributed by atoms with Crippen LogP contribution in [0.3, 0.4) is 0 Å². The summed E-state index contributed by atoms with van der Waals surface area (Å²) in [6.45, 7) is 3.86. The third-order valence-electron chi connectivity index (χ3n) is 4.12. The van der Waals surface area contributed by atoms with Crippen molar-refractivity contribution >= 4 is 28.8 Å². The summed E-state index contributed by atoms with van der Waals surface area (Å²) in [6.07, 6.45) is 3.70. The van der Waals surface area contributed by atoms with E-state index in [0.29, 0.717) is 13.0 Å². The predicted octanol–water partition coefficient (Wildman–Crippen LogP) is 3.29. The number of hydrogen-bond acceptors (Lipinski definition) is 4. The van der Waals surface area contributed by atoms with E-state index in [2.05, 4.69) is 15.2 Å². The highest BCUT2D eigenvalue weighted by Crippen LogP contribution is 2.16. The minimum absolute atomic E-state index is 0.0232. The van der Waals surface area contributed by atoms with Gasteiger partial charge in [0, 0.05) is 16.9 Å². The van der Waals surface area contributed by atoms with E-state index in [1.165, 1.54) is 25.9 Å². The molecule has 0 bridgehead atoms. The number of nitrogens with one attached hydrogen (secondary N) is 1. The Morgan fingerprint density at radius 2 is 2.17 bits per heavy atom. The lowest BCUT2D eigenvalue weighted by Gasteiger charge is -2.11. The van der Waals surface area contributed by atoms with Crippen LogP contribution in [0, 0.1) is 0 Å². The lowest BCUT2D eigenvalue weighted by molar-refractivity contribution is -0.120. The lowest BCUT2D eigenvalue weighted by atomic mass is 10.1. The Morgan fingerprint density at radius 1 is 1.33 bits per heavy atom. The first-order valence-corrected chi connectivity index (χ1v) is 9.61. The van der Waals surface area contributed by atoms with Gasteiger partial charge in [-0.2, -0.15) is 0 Å². The number of nitrogens with zero attached hydrogens (tertiary/aromatic N) is 2. The normalized spacial score (nSPS) is 14.9. The van der Waals surface area contributed by atoms with Crippen molar-refractivity contribution < 1.29 is 4.79 Å². The summed E-state index contributed by atoms with van der Waals surface area (Å²) in [5, 5.41) is 6.79. The first kappa shape index (κ1) is 17.4. The van der Waals surface area contributed by atoms with Crippen LogP contribution in [0.1, 0.15) is 29.1 Å². The number of aromatic nitrogens is 1. The summed E-state index contributed by atoms with van der Waals surface area (Å²) in [6, 6.07) is 7.73. The highest BCUT2D eigenvalue weighted by atomic mass is 35.5. The maximum Gasteiger partial charge on any atom is 0.226 e. The Hall–Kier alpha value is -1.43. The van der Waals surface area contributed by atoms with Gasteiger partial charge in [0.05, 0.1) is 18.7 Å². The average molecular weight is 364 g/mol. The Labute approximate surface area is 151 Å².